The van der Waals surface area contributed by atoms with Crippen molar-refractivity contribution in [2.24, 2.45) is 4.99 Å². The molecule has 1 aromatic heterocycles. The van der Waals surface area contributed by atoms with Crippen molar-refractivity contribution < 1.29 is 13.9 Å². The lowest BCUT2D eigenvalue weighted by Crippen LogP contribution is -2.37. The van der Waals surface area contributed by atoms with Gasteiger partial charge in [-0.25, -0.2) is 9.37 Å². The SMILES string of the molecule is CN=C(NCCCOCCOC)NCc1ccc(-n2ccnc2)c(F)c1. The first-order valence-corrected chi connectivity index (χ1v) is 8.52. The van der Waals surface area contributed by atoms with Crippen LogP contribution in [0.5, 0.6) is 0 Å². The summed E-state index contributed by atoms with van der Waals surface area (Å²) in [6.45, 7) is 3.08. The molecule has 0 aliphatic carbocycles. The van der Waals surface area contributed by atoms with E-state index < -0.39 is 0 Å². The molecule has 0 atom stereocenters. The van der Waals surface area contributed by atoms with Gasteiger partial charge in [-0.1, -0.05) is 6.07 Å². The Bertz CT molecular complexity index is 676. The van der Waals surface area contributed by atoms with Crippen molar-refractivity contribution in [1.82, 2.24) is 20.2 Å². The van der Waals surface area contributed by atoms with Gasteiger partial charge >= 0.3 is 0 Å². The molecule has 142 valence electrons. The van der Waals surface area contributed by atoms with Crippen molar-refractivity contribution in [3.8, 4) is 5.69 Å². The van der Waals surface area contributed by atoms with Crippen molar-refractivity contribution in [3.05, 3.63) is 48.3 Å². The smallest absolute Gasteiger partial charge is 0.191 e. The maximum atomic E-state index is 14.3. The zero-order chi connectivity index (χ0) is 18.6. The Hall–Kier alpha value is -2.45. The highest BCUT2D eigenvalue weighted by Crippen LogP contribution is 2.14. The number of aliphatic imine (C=N–C) groups is 1. The summed E-state index contributed by atoms with van der Waals surface area (Å²) in [5, 5.41) is 6.37. The van der Waals surface area contributed by atoms with Gasteiger partial charge < -0.3 is 24.7 Å². The summed E-state index contributed by atoms with van der Waals surface area (Å²) in [6, 6.07) is 5.13. The number of imidazole rings is 1. The number of hydrogen-bond donors (Lipinski definition) is 2. The second-order valence-corrected chi connectivity index (χ2v) is 5.57. The average Bonchev–Trinajstić information content (AvgIpc) is 3.18. The summed E-state index contributed by atoms with van der Waals surface area (Å²) < 4.78 is 26.2. The summed E-state index contributed by atoms with van der Waals surface area (Å²) in [4.78, 5) is 8.09. The normalized spacial score (nSPS) is 11.6. The number of guanidine groups is 1. The molecule has 0 fully saturated rings. The van der Waals surface area contributed by atoms with Gasteiger partial charge in [0.05, 0.1) is 25.2 Å². The van der Waals surface area contributed by atoms with Crippen molar-refractivity contribution in [2.75, 3.05) is 40.5 Å². The van der Waals surface area contributed by atoms with E-state index in [4.69, 9.17) is 9.47 Å². The number of aromatic nitrogens is 2. The molecule has 0 aliphatic rings. The van der Waals surface area contributed by atoms with Crippen molar-refractivity contribution >= 4 is 5.96 Å². The average molecular weight is 363 g/mol. The number of nitrogens with one attached hydrogen (secondary N) is 2. The van der Waals surface area contributed by atoms with Crippen LogP contribution in [0, 0.1) is 5.82 Å². The fraction of sp³-hybridized carbons (Fsp3) is 0.444. The molecule has 0 spiro atoms. The molecule has 0 bridgehead atoms. The van der Waals surface area contributed by atoms with E-state index in [2.05, 4.69) is 20.6 Å². The van der Waals surface area contributed by atoms with E-state index in [-0.39, 0.29) is 5.82 Å². The van der Waals surface area contributed by atoms with Crippen LogP contribution >= 0.6 is 0 Å². The summed E-state index contributed by atoms with van der Waals surface area (Å²) in [5.74, 6) is 0.374. The Kier molecular flexibility index (Phi) is 8.57. The zero-order valence-electron chi connectivity index (χ0n) is 15.2. The number of nitrogens with zero attached hydrogens (tertiary/aromatic N) is 3. The molecule has 1 heterocycles. The van der Waals surface area contributed by atoms with Gasteiger partial charge in [0.1, 0.15) is 5.82 Å². The molecule has 0 radical (unpaired) electrons. The topological polar surface area (TPSA) is 72.7 Å². The quantitative estimate of drug-likeness (QED) is 0.382. The Morgan fingerprint density at radius 3 is 2.85 bits per heavy atom. The van der Waals surface area contributed by atoms with Crippen LogP contribution in [0.2, 0.25) is 0 Å². The first-order chi connectivity index (χ1) is 12.7. The van der Waals surface area contributed by atoms with Crippen LogP contribution in [0.25, 0.3) is 5.69 Å². The monoisotopic (exact) mass is 363 g/mol. The molecule has 0 saturated carbocycles. The van der Waals surface area contributed by atoms with Gasteiger partial charge in [0.2, 0.25) is 0 Å². The molecule has 2 aromatic rings. The molecular weight excluding hydrogens is 337 g/mol. The highest BCUT2D eigenvalue weighted by Gasteiger charge is 2.06. The van der Waals surface area contributed by atoms with E-state index in [1.54, 1.807) is 43.5 Å². The van der Waals surface area contributed by atoms with E-state index in [0.717, 1.165) is 18.5 Å². The molecule has 7 nitrogen and oxygen atoms in total. The molecule has 0 amide bonds. The summed E-state index contributed by atoms with van der Waals surface area (Å²) in [6.07, 6.45) is 5.76. The maximum absolute atomic E-state index is 14.3. The predicted molar refractivity (Wildman–Crippen MR) is 99.0 cm³/mol. The van der Waals surface area contributed by atoms with E-state index in [9.17, 15) is 4.39 Å². The van der Waals surface area contributed by atoms with Crippen LogP contribution in [0.4, 0.5) is 4.39 Å². The Balaban J connectivity index is 1.73. The van der Waals surface area contributed by atoms with Gasteiger partial charge in [-0.3, -0.25) is 4.99 Å². The Morgan fingerprint density at radius 1 is 1.27 bits per heavy atom. The van der Waals surface area contributed by atoms with Gasteiger partial charge in [-0.2, -0.15) is 0 Å². The second-order valence-electron chi connectivity index (χ2n) is 5.57. The maximum Gasteiger partial charge on any atom is 0.191 e. The van der Waals surface area contributed by atoms with Crippen LogP contribution < -0.4 is 10.6 Å². The molecule has 26 heavy (non-hydrogen) atoms. The number of ether oxygens (including phenoxy) is 2. The number of benzene rings is 1. The molecule has 0 aliphatic heterocycles. The van der Waals surface area contributed by atoms with Crippen LogP contribution in [0.1, 0.15) is 12.0 Å². The third-order valence-corrected chi connectivity index (χ3v) is 3.67. The molecule has 1 aromatic carbocycles. The van der Waals surface area contributed by atoms with Gasteiger partial charge in [-0.05, 0) is 24.1 Å². The van der Waals surface area contributed by atoms with Gasteiger partial charge in [0, 0.05) is 46.2 Å². The predicted octanol–water partition coefficient (Wildman–Crippen LogP) is 1.73. The summed E-state index contributed by atoms with van der Waals surface area (Å²) in [7, 11) is 3.35. The van der Waals surface area contributed by atoms with Crippen LogP contribution in [0.15, 0.2) is 41.9 Å². The third kappa shape index (κ3) is 6.45. The van der Waals surface area contributed by atoms with Crippen LogP contribution in [0.3, 0.4) is 0 Å². The fourth-order valence-electron chi connectivity index (χ4n) is 2.30. The zero-order valence-corrected chi connectivity index (χ0v) is 15.2. The first kappa shape index (κ1) is 19.9. The number of rotatable bonds is 10. The molecular formula is C18H26FN5O2. The van der Waals surface area contributed by atoms with E-state index in [1.807, 2.05) is 6.07 Å². The lowest BCUT2D eigenvalue weighted by atomic mass is 10.2. The molecule has 0 unspecified atom stereocenters. The molecule has 8 heteroatoms. The standard InChI is InChI=1S/C18H26FN5O2/c1-20-18(22-6-3-9-26-11-10-25-2)23-13-15-4-5-17(16(19)12-15)24-8-7-21-14-24/h4-5,7-8,12,14H,3,6,9-11,13H2,1-2H3,(H2,20,22,23). The summed E-state index contributed by atoms with van der Waals surface area (Å²) in [5.41, 5.74) is 1.31. The molecule has 2 N–H and O–H groups in total. The Morgan fingerprint density at radius 2 is 2.15 bits per heavy atom. The van der Waals surface area contributed by atoms with Crippen molar-refractivity contribution in [3.63, 3.8) is 0 Å². The highest BCUT2D eigenvalue weighted by molar-refractivity contribution is 5.79. The lowest BCUT2D eigenvalue weighted by molar-refractivity contribution is 0.0698. The first-order valence-electron chi connectivity index (χ1n) is 8.52. The van der Waals surface area contributed by atoms with E-state index >= 15 is 0 Å². The third-order valence-electron chi connectivity index (χ3n) is 3.67. The second kappa shape index (κ2) is 11.2. The largest absolute Gasteiger partial charge is 0.382 e. The van der Waals surface area contributed by atoms with Gasteiger partial charge in [-0.15, -0.1) is 0 Å². The van der Waals surface area contributed by atoms with Crippen LogP contribution in [-0.2, 0) is 16.0 Å². The van der Waals surface area contributed by atoms with Gasteiger partial charge in [0.25, 0.3) is 0 Å². The minimum absolute atomic E-state index is 0.293. The van der Waals surface area contributed by atoms with Gasteiger partial charge in [0.15, 0.2) is 5.96 Å². The van der Waals surface area contributed by atoms with Crippen molar-refractivity contribution in [2.45, 2.75) is 13.0 Å². The van der Waals surface area contributed by atoms with E-state index in [1.165, 1.54) is 6.07 Å². The summed E-state index contributed by atoms with van der Waals surface area (Å²) >= 11 is 0. The van der Waals surface area contributed by atoms with E-state index in [0.29, 0.717) is 38.0 Å². The van der Waals surface area contributed by atoms with Crippen LogP contribution in [-0.4, -0.2) is 56.0 Å². The minimum atomic E-state index is -0.293. The van der Waals surface area contributed by atoms with Crippen molar-refractivity contribution in [1.29, 1.82) is 0 Å². The lowest BCUT2D eigenvalue weighted by Gasteiger charge is -2.13. The number of methoxy groups -OCH3 is 1. The molecule has 2 rings (SSSR count). The Labute approximate surface area is 153 Å². The number of halogens is 1. The molecule has 0 saturated heterocycles. The highest BCUT2D eigenvalue weighted by atomic mass is 19.1. The number of hydrogen-bond acceptors (Lipinski definition) is 4. The minimum Gasteiger partial charge on any atom is -0.382 e. The fourth-order valence-corrected chi connectivity index (χ4v) is 2.30.